The summed E-state index contributed by atoms with van der Waals surface area (Å²) in [6.45, 7) is 9.04. The van der Waals surface area contributed by atoms with Crippen molar-refractivity contribution in [1.29, 1.82) is 0 Å². The molecule has 1 atom stereocenters. The van der Waals surface area contributed by atoms with E-state index < -0.39 is 9.04 Å². The highest BCUT2D eigenvalue weighted by atomic mass is 28.3. The van der Waals surface area contributed by atoms with Crippen molar-refractivity contribution in [1.82, 2.24) is 0 Å². The minimum atomic E-state index is -0.511. The number of rotatable bonds is 16. The van der Waals surface area contributed by atoms with E-state index in [4.69, 9.17) is 4.43 Å². The monoisotopic (exact) mass is 313 g/mol. The van der Waals surface area contributed by atoms with Gasteiger partial charge in [-0.2, -0.15) is 0 Å². The Morgan fingerprint density at radius 3 is 1.48 bits per heavy atom. The third-order valence-corrected chi connectivity index (χ3v) is 5.04. The van der Waals surface area contributed by atoms with E-state index in [1.54, 1.807) is 0 Å². The van der Waals surface area contributed by atoms with Gasteiger partial charge in [0.05, 0.1) is 0 Å². The molecule has 0 aromatic heterocycles. The van der Waals surface area contributed by atoms with Gasteiger partial charge in [0, 0.05) is 6.10 Å². The zero-order chi connectivity index (χ0) is 15.8. The number of unbranched alkanes of at least 4 members (excludes halogenated alkanes) is 11. The summed E-state index contributed by atoms with van der Waals surface area (Å²) in [5, 5.41) is 0. The second-order valence-electron chi connectivity index (χ2n) is 6.73. The van der Waals surface area contributed by atoms with Crippen molar-refractivity contribution in [2.45, 2.75) is 123 Å². The topological polar surface area (TPSA) is 9.23 Å². The van der Waals surface area contributed by atoms with Crippen LogP contribution in [0.2, 0.25) is 13.1 Å². The van der Waals surface area contributed by atoms with Crippen LogP contribution < -0.4 is 0 Å². The molecular weight excluding hydrogens is 272 g/mol. The maximum absolute atomic E-state index is 6.00. The van der Waals surface area contributed by atoms with Crippen LogP contribution in [-0.4, -0.2) is 15.1 Å². The minimum absolute atomic E-state index is 0.511. The molecule has 1 radical (unpaired) electrons. The Labute approximate surface area is 137 Å². The molecule has 0 aliphatic rings. The van der Waals surface area contributed by atoms with Gasteiger partial charge < -0.3 is 4.43 Å². The zero-order valence-electron chi connectivity index (χ0n) is 15.4. The van der Waals surface area contributed by atoms with E-state index in [1.165, 1.54) is 89.9 Å². The van der Waals surface area contributed by atoms with E-state index in [-0.39, 0.29) is 0 Å². The Hall–Kier alpha value is 0.177. The van der Waals surface area contributed by atoms with E-state index in [2.05, 4.69) is 26.9 Å². The van der Waals surface area contributed by atoms with Gasteiger partial charge in [-0.1, -0.05) is 90.9 Å². The first-order valence-electron chi connectivity index (χ1n) is 9.67. The molecule has 0 rings (SSSR count). The van der Waals surface area contributed by atoms with Gasteiger partial charge >= 0.3 is 0 Å². The molecular formula is C19H41OSi. The van der Waals surface area contributed by atoms with E-state index in [9.17, 15) is 0 Å². The third kappa shape index (κ3) is 16.4. The van der Waals surface area contributed by atoms with Crippen molar-refractivity contribution in [3.63, 3.8) is 0 Å². The summed E-state index contributed by atoms with van der Waals surface area (Å²) < 4.78 is 6.00. The predicted molar refractivity (Wildman–Crippen MR) is 98.3 cm³/mol. The first-order chi connectivity index (χ1) is 10.2. The van der Waals surface area contributed by atoms with Gasteiger partial charge in [0.1, 0.15) is 0 Å². The number of hydrogen-bond acceptors (Lipinski definition) is 1. The summed E-state index contributed by atoms with van der Waals surface area (Å²) in [6, 6.07) is 0. The predicted octanol–water partition coefficient (Wildman–Crippen LogP) is 7.12. The van der Waals surface area contributed by atoms with Crippen molar-refractivity contribution in [2.24, 2.45) is 0 Å². The molecule has 0 saturated heterocycles. The quantitative estimate of drug-likeness (QED) is 0.218. The molecule has 0 aromatic carbocycles. The average molecular weight is 314 g/mol. The van der Waals surface area contributed by atoms with Crippen molar-refractivity contribution in [3.05, 3.63) is 0 Å². The molecule has 0 fully saturated rings. The van der Waals surface area contributed by atoms with Gasteiger partial charge in [-0.15, -0.1) is 0 Å². The molecule has 0 saturated carbocycles. The fourth-order valence-electron chi connectivity index (χ4n) is 2.89. The van der Waals surface area contributed by atoms with Gasteiger partial charge in [-0.05, 0) is 25.9 Å². The smallest absolute Gasteiger partial charge is 0.205 e. The van der Waals surface area contributed by atoms with Crippen molar-refractivity contribution in [2.75, 3.05) is 0 Å². The Morgan fingerprint density at radius 1 is 0.667 bits per heavy atom. The lowest BCUT2D eigenvalue weighted by molar-refractivity contribution is 0.185. The highest BCUT2D eigenvalue weighted by Crippen LogP contribution is 2.15. The van der Waals surface area contributed by atoms with E-state index in [1.807, 2.05) is 0 Å². The first-order valence-corrected chi connectivity index (χ1v) is 12.1. The molecule has 1 nitrogen and oxygen atoms in total. The molecule has 1 unspecified atom stereocenters. The Balaban J connectivity index is 3.18. The highest BCUT2D eigenvalue weighted by Gasteiger charge is 2.08. The maximum atomic E-state index is 6.00. The maximum Gasteiger partial charge on any atom is 0.205 e. The molecule has 0 heterocycles. The third-order valence-electron chi connectivity index (χ3n) is 4.24. The summed E-state index contributed by atoms with van der Waals surface area (Å²) in [5.74, 6) is 0. The van der Waals surface area contributed by atoms with E-state index >= 15 is 0 Å². The van der Waals surface area contributed by atoms with Gasteiger partial charge in [-0.3, -0.25) is 0 Å². The SMILES string of the molecule is CCCCCCCCCCCCCCC(CC)O[Si](C)C. The lowest BCUT2D eigenvalue weighted by Crippen LogP contribution is -2.19. The second kappa shape index (κ2) is 16.5. The Morgan fingerprint density at radius 2 is 1.10 bits per heavy atom. The van der Waals surface area contributed by atoms with Crippen molar-refractivity contribution < 1.29 is 4.43 Å². The first kappa shape index (κ1) is 21.2. The van der Waals surface area contributed by atoms with Crippen LogP contribution in [0.4, 0.5) is 0 Å². The molecule has 127 valence electrons. The zero-order valence-corrected chi connectivity index (χ0v) is 16.4. The highest BCUT2D eigenvalue weighted by molar-refractivity contribution is 6.48. The average Bonchev–Trinajstić information content (AvgIpc) is 2.46. The number of hydrogen-bond donors (Lipinski definition) is 0. The standard InChI is InChI=1S/C19H41OSi/c1-5-7-8-9-10-11-12-13-14-15-16-17-18-19(6-2)20-21(3)4/h19H,5-18H2,1-4H3. The molecule has 21 heavy (non-hydrogen) atoms. The van der Waals surface area contributed by atoms with Crippen LogP contribution in [0.15, 0.2) is 0 Å². The molecule has 0 aliphatic heterocycles. The second-order valence-corrected chi connectivity index (χ2v) is 8.79. The summed E-state index contributed by atoms with van der Waals surface area (Å²) >= 11 is 0. The van der Waals surface area contributed by atoms with Crippen LogP contribution in [0, 0.1) is 0 Å². The molecule has 0 amide bonds. The fraction of sp³-hybridized carbons (Fsp3) is 1.00. The van der Waals surface area contributed by atoms with Crippen LogP contribution in [0.3, 0.4) is 0 Å². The molecule has 2 heteroatoms. The lowest BCUT2D eigenvalue weighted by Gasteiger charge is -2.18. The normalized spacial score (nSPS) is 13.0. The van der Waals surface area contributed by atoms with Crippen LogP contribution >= 0.6 is 0 Å². The fourth-order valence-corrected chi connectivity index (χ4v) is 3.84. The van der Waals surface area contributed by atoms with Gasteiger partial charge in [0.25, 0.3) is 0 Å². The Bertz CT molecular complexity index is 194. The molecule has 0 N–H and O–H groups in total. The molecule has 0 aliphatic carbocycles. The van der Waals surface area contributed by atoms with Crippen LogP contribution in [-0.2, 0) is 4.43 Å². The molecule has 0 bridgehead atoms. The summed E-state index contributed by atoms with van der Waals surface area (Å²) in [6.07, 6.45) is 20.2. The summed E-state index contributed by atoms with van der Waals surface area (Å²) in [7, 11) is -0.511. The van der Waals surface area contributed by atoms with Gasteiger partial charge in [0.2, 0.25) is 9.04 Å². The molecule has 0 aromatic rings. The minimum Gasteiger partial charge on any atom is -0.414 e. The van der Waals surface area contributed by atoms with Crippen molar-refractivity contribution in [3.8, 4) is 0 Å². The largest absolute Gasteiger partial charge is 0.414 e. The van der Waals surface area contributed by atoms with E-state index in [0.717, 1.165) is 0 Å². The van der Waals surface area contributed by atoms with Crippen LogP contribution in [0.1, 0.15) is 104 Å². The van der Waals surface area contributed by atoms with Crippen molar-refractivity contribution >= 4 is 9.04 Å². The van der Waals surface area contributed by atoms with Gasteiger partial charge in [-0.25, -0.2) is 0 Å². The van der Waals surface area contributed by atoms with Gasteiger partial charge in [0.15, 0.2) is 0 Å². The van der Waals surface area contributed by atoms with Crippen LogP contribution in [0.25, 0.3) is 0 Å². The summed E-state index contributed by atoms with van der Waals surface area (Å²) in [5.41, 5.74) is 0. The van der Waals surface area contributed by atoms with E-state index in [0.29, 0.717) is 6.10 Å². The Kier molecular flexibility index (Phi) is 16.7. The van der Waals surface area contributed by atoms with Crippen LogP contribution in [0.5, 0.6) is 0 Å². The lowest BCUT2D eigenvalue weighted by atomic mass is 10.0. The molecule has 0 spiro atoms. The summed E-state index contributed by atoms with van der Waals surface area (Å²) in [4.78, 5) is 0.